The average Bonchev–Trinajstić information content (AvgIpc) is 3.40. The van der Waals surface area contributed by atoms with Gasteiger partial charge >= 0.3 is 13.7 Å². The molecule has 13 nitrogen and oxygen atoms in total. The normalized spacial score (nSPS) is 21.9. The lowest BCUT2D eigenvalue weighted by atomic mass is 10.3. The van der Waals surface area contributed by atoms with E-state index >= 15 is 0 Å². The fourth-order valence-electron chi connectivity index (χ4n) is 3.69. The number of nitrogens with one attached hydrogen (secondary N) is 2. The van der Waals surface area contributed by atoms with E-state index in [0.29, 0.717) is 28.8 Å². The molecule has 1 aliphatic heterocycles. The van der Waals surface area contributed by atoms with E-state index in [9.17, 15) is 9.36 Å². The van der Waals surface area contributed by atoms with Crippen LogP contribution in [0.3, 0.4) is 0 Å². The zero-order valence-corrected chi connectivity index (χ0v) is 21.4. The molecule has 0 amide bonds. The van der Waals surface area contributed by atoms with E-state index in [1.54, 1.807) is 48.1 Å². The third-order valence-electron chi connectivity index (χ3n) is 5.66. The summed E-state index contributed by atoms with van der Waals surface area (Å²) in [7, 11) is -4.02. The molecule has 0 radical (unpaired) electrons. The highest BCUT2D eigenvalue weighted by molar-refractivity contribution is 7.52. The molecule has 1 aromatic carbocycles. The maximum Gasteiger partial charge on any atom is 0.459 e. The van der Waals surface area contributed by atoms with Gasteiger partial charge in [0.1, 0.15) is 24.7 Å². The topological polar surface area (TPSA) is 148 Å². The Balaban J connectivity index is 1.24. The van der Waals surface area contributed by atoms with Crippen LogP contribution in [0.2, 0.25) is 0 Å². The molecule has 5 rings (SSSR count). The fourth-order valence-corrected chi connectivity index (χ4v) is 5.17. The molecular formula is C23H29N6O7P. The number of ether oxygens (including phenoxy) is 3. The number of hydrogen-bond donors (Lipinski definition) is 2. The monoisotopic (exact) mass is 532 g/mol. The summed E-state index contributed by atoms with van der Waals surface area (Å²) >= 11 is 0. The number of benzene rings is 1. The highest BCUT2D eigenvalue weighted by atomic mass is 31.2. The van der Waals surface area contributed by atoms with Crippen molar-refractivity contribution in [3.63, 3.8) is 0 Å². The standard InChI is InChI=1S/C23H29N6O7P/c1-3-32-23(30)15(2)28-37(31,36-17-7-5-4-6-8-17)34-12-19-33-11-18(35-19)29-14-26-20-21(27-16-9-10-16)24-13-25-22(20)29/h4-8,13-16,18-19H,3,9-12H2,1-2H3,(H,28,31)(H,24,25,27)/t15-,18+,19+,37?/m0/s1. The first-order chi connectivity index (χ1) is 17.9. The summed E-state index contributed by atoms with van der Waals surface area (Å²) in [5.74, 6) is 0.410. The lowest BCUT2D eigenvalue weighted by molar-refractivity contribution is -0.144. The lowest BCUT2D eigenvalue weighted by Crippen LogP contribution is -2.35. The molecule has 0 spiro atoms. The smallest absolute Gasteiger partial charge is 0.459 e. The molecule has 14 heteroatoms. The summed E-state index contributed by atoms with van der Waals surface area (Å²) in [6, 6.07) is 7.99. The Morgan fingerprint density at radius 1 is 1.24 bits per heavy atom. The van der Waals surface area contributed by atoms with E-state index in [0.717, 1.165) is 12.8 Å². The molecule has 2 aromatic heterocycles. The zero-order chi connectivity index (χ0) is 25.8. The van der Waals surface area contributed by atoms with Gasteiger partial charge in [-0.3, -0.25) is 13.9 Å². The molecule has 3 aromatic rings. The van der Waals surface area contributed by atoms with E-state index in [-0.39, 0.29) is 19.8 Å². The maximum atomic E-state index is 13.6. The number of nitrogens with zero attached hydrogens (tertiary/aromatic N) is 4. The van der Waals surface area contributed by atoms with Crippen LogP contribution < -0.4 is 14.9 Å². The second-order valence-corrected chi connectivity index (χ2v) is 10.3. The molecule has 2 aliphatic rings. The summed E-state index contributed by atoms with van der Waals surface area (Å²) < 4.78 is 43.3. The minimum Gasteiger partial charge on any atom is -0.465 e. The van der Waals surface area contributed by atoms with Gasteiger partial charge in [-0.1, -0.05) is 18.2 Å². The van der Waals surface area contributed by atoms with E-state index in [2.05, 4.69) is 25.4 Å². The second kappa shape index (κ2) is 11.1. The number of carbonyl (C=O) groups excluding carboxylic acids is 1. The van der Waals surface area contributed by atoms with Gasteiger partial charge in [0.25, 0.3) is 0 Å². The first kappa shape index (κ1) is 25.6. The molecule has 4 atom stereocenters. The second-order valence-electron chi connectivity index (χ2n) is 8.62. The minimum absolute atomic E-state index is 0.187. The van der Waals surface area contributed by atoms with Crippen molar-refractivity contribution in [2.24, 2.45) is 0 Å². The van der Waals surface area contributed by atoms with Crippen LogP contribution in [0.15, 0.2) is 43.0 Å². The van der Waals surface area contributed by atoms with Gasteiger partial charge in [-0.25, -0.2) is 19.5 Å². The number of anilines is 1. The average molecular weight is 532 g/mol. The van der Waals surface area contributed by atoms with E-state index in [1.165, 1.54) is 13.3 Å². The molecule has 1 unspecified atom stereocenters. The predicted molar refractivity (Wildman–Crippen MR) is 132 cm³/mol. The molecular weight excluding hydrogens is 503 g/mol. The van der Waals surface area contributed by atoms with Crippen molar-refractivity contribution in [2.45, 2.75) is 51.3 Å². The van der Waals surface area contributed by atoms with E-state index in [4.69, 9.17) is 23.3 Å². The summed E-state index contributed by atoms with van der Waals surface area (Å²) in [6.07, 6.45) is 3.96. The molecule has 1 saturated heterocycles. The number of rotatable bonds is 12. The summed E-state index contributed by atoms with van der Waals surface area (Å²) in [5, 5.41) is 5.98. The minimum atomic E-state index is -4.02. The van der Waals surface area contributed by atoms with Gasteiger partial charge in [-0.05, 0) is 38.8 Å². The van der Waals surface area contributed by atoms with Gasteiger partial charge in [0.2, 0.25) is 0 Å². The zero-order valence-electron chi connectivity index (χ0n) is 20.5. The van der Waals surface area contributed by atoms with Crippen molar-refractivity contribution in [3.8, 4) is 5.75 Å². The Bertz CT molecular complexity index is 1270. The van der Waals surface area contributed by atoms with Crippen LogP contribution in [0.25, 0.3) is 11.2 Å². The molecule has 2 N–H and O–H groups in total. The largest absolute Gasteiger partial charge is 0.465 e. The number of fused-ring (bicyclic) bond motifs is 1. The van der Waals surface area contributed by atoms with Crippen molar-refractivity contribution in [2.75, 3.05) is 25.1 Å². The first-order valence-corrected chi connectivity index (χ1v) is 13.6. The Hall–Kier alpha value is -3.09. The van der Waals surface area contributed by atoms with Gasteiger partial charge in [0, 0.05) is 6.04 Å². The van der Waals surface area contributed by atoms with Gasteiger partial charge in [-0.2, -0.15) is 5.09 Å². The lowest BCUT2D eigenvalue weighted by Gasteiger charge is -2.23. The third-order valence-corrected chi connectivity index (χ3v) is 7.31. The Morgan fingerprint density at radius 3 is 2.81 bits per heavy atom. The van der Waals surface area contributed by atoms with Crippen LogP contribution >= 0.6 is 7.75 Å². The maximum absolute atomic E-state index is 13.6. The highest BCUT2D eigenvalue weighted by Crippen LogP contribution is 2.45. The van der Waals surface area contributed by atoms with Crippen molar-refractivity contribution in [3.05, 3.63) is 43.0 Å². The van der Waals surface area contributed by atoms with Crippen LogP contribution in [0, 0.1) is 0 Å². The highest BCUT2D eigenvalue weighted by Gasteiger charge is 2.36. The van der Waals surface area contributed by atoms with Gasteiger partial charge in [0.15, 0.2) is 29.5 Å². The summed E-state index contributed by atoms with van der Waals surface area (Å²) in [5.41, 5.74) is 1.26. The molecule has 198 valence electrons. The quantitative estimate of drug-likeness (QED) is 0.261. The molecule has 37 heavy (non-hydrogen) atoms. The molecule has 3 heterocycles. The van der Waals surface area contributed by atoms with Crippen molar-refractivity contribution in [1.82, 2.24) is 24.6 Å². The van der Waals surface area contributed by atoms with Gasteiger partial charge in [-0.15, -0.1) is 0 Å². The van der Waals surface area contributed by atoms with Crippen molar-refractivity contribution in [1.29, 1.82) is 0 Å². The number of aromatic nitrogens is 4. The fraction of sp³-hybridized carbons (Fsp3) is 0.478. The van der Waals surface area contributed by atoms with Crippen LogP contribution in [0.1, 0.15) is 32.9 Å². The van der Waals surface area contributed by atoms with Crippen LogP contribution in [0.4, 0.5) is 5.82 Å². The summed E-state index contributed by atoms with van der Waals surface area (Å²) in [4.78, 5) is 25.2. The van der Waals surface area contributed by atoms with Crippen LogP contribution in [0.5, 0.6) is 5.75 Å². The Kier molecular flexibility index (Phi) is 7.68. The SMILES string of the molecule is CCOC(=O)[C@H](C)NP(=O)(OC[C@@H]1OC[C@H](n2cnc3c(NC4CC4)ncnc32)O1)Oc1ccccc1. The third kappa shape index (κ3) is 6.25. The van der Waals surface area contributed by atoms with Crippen LogP contribution in [-0.2, 0) is 28.1 Å². The van der Waals surface area contributed by atoms with Gasteiger partial charge < -0.3 is 24.1 Å². The number of para-hydroxylation sites is 1. The molecule has 1 saturated carbocycles. The molecule has 2 fully saturated rings. The van der Waals surface area contributed by atoms with E-state index < -0.39 is 32.3 Å². The van der Waals surface area contributed by atoms with Gasteiger partial charge in [0.05, 0.1) is 19.5 Å². The summed E-state index contributed by atoms with van der Waals surface area (Å²) in [6.45, 7) is 3.36. The number of imidazole rings is 1. The predicted octanol–water partition coefficient (Wildman–Crippen LogP) is 3.02. The Morgan fingerprint density at radius 2 is 2.05 bits per heavy atom. The molecule has 0 bridgehead atoms. The van der Waals surface area contributed by atoms with Crippen molar-refractivity contribution < 1.29 is 32.6 Å². The first-order valence-electron chi connectivity index (χ1n) is 12.1. The number of esters is 1. The number of carbonyl (C=O) groups is 1. The van der Waals surface area contributed by atoms with E-state index in [1.807, 2.05) is 0 Å². The van der Waals surface area contributed by atoms with Crippen LogP contribution in [-0.4, -0.2) is 63.7 Å². The molecule has 1 aliphatic carbocycles. The Labute approximate surface area is 213 Å². The van der Waals surface area contributed by atoms with Crippen molar-refractivity contribution >= 4 is 30.7 Å². The number of hydrogen-bond acceptors (Lipinski definition) is 11.